The zero-order valence-electron chi connectivity index (χ0n) is 15.5. The van der Waals surface area contributed by atoms with Crippen molar-refractivity contribution in [2.45, 2.75) is 20.8 Å². The monoisotopic (exact) mass is 417 g/mol. The summed E-state index contributed by atoms with van der Waals surface area (Å²) in [5.74, 6) is -0.300. The van der Waals surface area contributed by atoms with Crippen molar-refractivity contribution in [2.24, 2.45) is 0 Å². The van der Waals surface area contributed by atoms with Crippen LogP contribution in [0.15, 0.2) is 40.9 Å². The van der Waals surface area contributed by atoms with Crippen LogP contribution in [0.3, 0.4) is 0 Å². The van der Waals surface area contributed by atoms with Crippen molar-refractivity contribution in [1.29, 1.82) is 0 Å². The molecule has 2 N–H and O–H groups in total. The number of anilines is 2. The molecule has 6 heteroatoms. The molecule has 0 aliphatic carbocycles. The van der Waals surface area contributed by atoms with Gasteiger partial charge in [-0.3, -0.25) is 14.5 Å². The van der Waals surface area contributed by atoms with Gasteiger partial charge in [0.05, 0.1) is 13.1 Å². The fraction of sp³-hybridized carbons (Fsp3) is 0.300. The molecule has 0 spiro atoms. The average Bonchev–Trinajstić information content (AvgIpc) is 2.54. The number of carbonyl (C=O) groups excluding carboxylic acids is 2. The van der Waals surface area contributed by atoms with Gasteiger partial charge >= 0.3 is 0 Å². The number of halogens is 1. The van der Waals surface area contributed by atoms with Gasteiger partial charge in [-0.1, -0.05) is 28.1 Å². The maximum absolute atomic E-state index is 12.2. The van der Waals surface area contributed by atoms with E-state index in [1.807, 2.05) is 57.2 Å². The summed E-state index contributed by atoms with van der Waals surface area (Å²) in [6, 6.07) is 11.5. The smallest absolute Gasteiger partial charge is 0.238 e. The van der Waals surface area contributed by atoms with E-state index < -0.39 is 0 Å². The first-order chi connectivity index (χ1) is 12.3. The molecule has 138 valence electrons. The molecular weight excluding hydrogens is 394 g/mol. The Bertz CT molecular complexity index is 821. The van der Waals surface area contributed by atoms with E-state index in [0.717, 1.165) is 32.5 Å². The Hall–Kier alpha value is -2.18. The van der Waals surface area contributed by atoms with Gasteiger partial charge in [0, 0.05) is 15.8 Å². The third-order valence-electron chi connectivity index (χ3n) is 4.17. The summed E-state index contributed by atoms with van der Waals surface area (Å²) in [5, 5.41) is 5.78. The van der Waals surface area contributed by atoms with Crippen molar-refractivity contribution in [3.05, 3.63) is 57.6 Å². The third-order valence-corrected chi connectivity index (χ3v) is 4.66. The summed E-state index contributed by atoms with van der Waals surface area (Å²) in [4.78, 5) is 26.1. The highest BCUT2D eigenvalue weighted by Gasteiger charge is 2.13. The second kappa shape index (κ2) is 8.96. The summed E-state index contributed by atoms with van der Waals surface area (Å²) in [6.07, 6.45) is 0. The van der Waals surface area contributed by atoms with Crippen LogP contribution in [0.1, 0.15) is 16.7 Å². The minimum absolute atomic E-state index is 0.135. The minimum Gasteiger partial charge on any atom is -0.325 e. The molecule has 0 aliphatic heterocycles. The quantitative estimate of drug-likeness (QED) is 0.749. The lowest BCUT2D eigenvalue weighted by Crippen LogP contribution is -2.36. The number of hydrogen-bond acceptors (Lipinski definition) is 3. The van der Waals surface area contributed by atoms with Gasteiger partial charge in [0.15, 0.2) is 0 Å². The van der Waals surface area contributed by atoms with E-state index in [9.17, 15) is 9.59 Å². The van der Waals surface area contributed by atoms with E-state index in [1.54, 1.807) is 11.9 Å². The number of benzene rings is 2. The number of carbonyl (C=O) groups is 2. The molecular formula is C20H24BrN3O2. The van der Waals surface area contributed by atoms with E-state index in [1.165, 1.54) is 0 Å². The molecule has 0 aromatic heterocycles. The van der Waals surface area contributed by atoms with Crippen LogP contribution < -0.4 is 10.6 Å². The number of amides is 2. The highest BCUT2D eigenvalue weighted by Crippen LogP contribution is 2.20. The molecule has 2 aromatic carbocycles. The molecule has 0 fully saturated rings. The molecule has 0 atom stereocenters. The van der Waals surface area contributed by atoms with Crippen LogP contribution >= 0.6 is 15.9 Å². The van der Waals surface area contributed by atoms with Gasteiger partial charge in [-0.05, 0) is 68.8 Å². The molecule has 2 aromatic rings. The van der Waals surface area contributed by atoms with Crippen LogP contribution in [0.25, 0.3) is 0 Å². The summed E-state index contributed by atoms with van der Waals surface area (Å²) >= 11 is 3.40. The first-order valence-electron chi connectivity index (χ1n) is 8.37. The number of likely N-dealkylation sites (N-methyl/N-ethyl adjacent to an activating group) is 1. The molecule has 0 saturated carbocycles. The van der Waals surface area contributed by atoms with Gasteiger partial charge in [0.2, 0.25) is 11.8 Å². The lowest BCUT2D eigenvalue weighted by molar-refractivity contribution is -0.119. The first-order valence-corrected chi connectivity index (χ1v) is 9.16. The largest absolute Gasteiger partial charge is 0.325 e. The van der Waals surface area contributed by atoms with Crippen molar-refractivity contribution in [2.75, 3.05) is 30.8 Å². The third kappa shape index (κ3) is 5.68. The summed E-state index contributed by atoms with van der Waals surface area (Å²) < 4.78 is 0.966. The Kier molecular flexibility index (Phi) is 6.94. The fourth-order valence-corrected chi connectivity index (χ4v) is 3.06. The maximum atomic E-state index is 12.2. The summed E-state index contributed by atoms with van der Waals surface area (Å²) in [6.45, 7) is 6.19. The maximum Gasteiger partial charge on any atom is 0.238 e. The zero-order valence-corrected chi connectivity index (χ0v) is 17.1. The highest BCUT2D eigenvalue weighted by atomic mass is 79.9. The van der Waals surface area contributed by atoms with Gasteiger partial charge in [-0.2, -0.15) is 0 Å². The van der Waals surface area contributed by atoms with Crippen molar-refractivity contribution >= 4 is 39.1 Å². The lowest BCUT2D eigenvalue weighted by atomic mass is 10.1. The fourth-order valence-electron chi connectivity index (χ4n) is 2.58. The Balaban J connectivity index is 1.87. The second-order valence-corrected chi connectivity index (χ2v) is 7.39. The number of nitrogens with zero attached hydrogens (tertiary/aromatic N) is 1. The van der Waals surface area contributed by atoms with Crippen molar-refractivity contribution < 1.29 is 9.59 Å². The lowest BCUT2D eigenvalue weighted by Gasteiger charge is -2.17. The molecule has 2 rings (SSSR count). The summed E-state index contributed by atoms with van der Waals surface area (Å²) in [5.41, 5.74) is 4.72. The van der Waals surface area contributed by atoms with Gasteiger partial charge in [-0.15, -0.1) is 0 Å². The van der Waals surface area contributed by atoms with Gasteiger partial charge in [0.1, 0.15) is 0 Å². The van der Waals surface area contributed by atoms with Crippen LogP contribution in [0.4, 0.5) is 11.4 Å². The van der Waals surface area contributed by atoms with Crippen LogP contribution in [0.2, 0.25) is 0 Å². The van der Waals surface area contributed by atoms with Crippen LogP contribution in [0, 0.1) is 20.8 Å². The van der Waals surface area contributed by atoms with E-state index in [0.29, 0.717) is 0 Å². The standard InChI is InChI=1S/C20H24BrN3O2/c1-13-6-5-7-18(15(13)3)23-20(26)12-24(4)11-19(25)22-17-9-8-16(21)10-14(17)2/h5-10H,11-12H2,1-4H3,(H,22,25)(H,23,26). The number of nitrogens with one attached hydrogen (secondary N) is 2. The number of rotatable bonds is 6. The van der Waals surface area contributed by atoms with Gasteiger partial charge in [-0.25, -0.2) is 0 Å². The van der Waals surface area contributed by atoms with E-state index in [-0.39, 0.29) is 24.9 Å². The van der Waals surface area contributed by atoms with Crippen LogP contribution in [0.5, 0.6) is 0 Å². The minimum atomic E-state index is -0.155. The second-order valence-electron chi connectivity index (χ2n) is 6.48. The topological polar surface area (TPSA) is 61.4 Å². The predicted molar refractivity (Wildman–Crippen MR) is 110 cm³/mol. The Labute approximate surface area is 162 Å². The Morgan fingerprint density at radius 3 is 2.15 bits per heavy atom. The molecule has 0 unspecified atom stereocenters. The average molecular weight is 418 g/mol. The normalized spacial score (nSPS) is 10.7. The zero-order chi connectivity index (χ0) is 19.3. The van der Waals surface area contributed by atoms with Crippen molar-refractivity contribution in [1.82, 2.24) is 4.90 Å². The molecule has 0 aliphatic rings. The molecule has 26 heavy (non-hydrogen) atoms. The van der Waals surface area contributed by atoms with E-state index in [2.05, 4.69) is 26.6 Å². The number of aryl methyl sites for hydroxylation is 2. The molecule has 0 bridgehead atoms. The van der Waals surface area contributed by atoms with E-state index >= 15 is 0 Å². The van der Waals surface area contributed by atoms with Crippen molar-refractivity contribution in [3.63, 3.8) is 0 Å². The molecule has 2 amide bonds. The van der Waals surface area contributed by atoms with Crippen molar-refractivity contribution in [3.8, 4) is 0 Å². The van der Waals surface area contributed by atoms with Gasteiger partial charge in [0.25, 0.3) is 0 Å². The molecule has 0 heterocycles. The number of hydrogen-bond donors (Lipinski definition) is 2. The Morgan fingerprint density at radius 2 is 1.54 bits per heavy atom. The first kappa shape index (κ1) is 20.1. The predicted octanol–water partition coefficient (Wildman–Crippen LogP) is 3.88. The van der Waals surface area contributed by atoms with Gasteiger partial charge < -0.3 is 10.6 Å². The molecule has 5 nitrogen and oxygen atoms in total. The summed E-state index contributed by atoms with van der Waals surface area (Å²) in [7, 11) is 1.75. The molecule has 0 saturated heterocycles. The highest BCUT2D eigenvalue weighted by molar-refractivity contribution is 9.10. The van der Waals surface area contributed by atoms with Crippen LogP contribution in [-0.2, 0) is 9.59 Å². The Morgan fingerprint density at radius 1 is 0.923 bits per heavy atom. The SMILES string of the molecule is Cc1cc(Br)ccc1NC(=O)CN(C)CC(=O)Nc1cccc(C)c1C. The molecule has 0 radical (unpaired) electrons. The van der Waals surface area contributed by atoms with E-state index in [4.69, 9.17) is 0 Å². The van der Waals surface area contributed by atoms with Crippen LogP contribution in [-0.4, -0.2) is 36.9 Å².